The van der Waals surface area contributed by atoms with Crippen LogP contribution in [-0.4, -0.2) is 80.5 Å². The van der Waals surface area contributed by atoms with Crippen LogP contribution in [0.4, 0.5) is 17.6 Å². The zero-order valence-electron chi connectivity index (χ0n) is 21.8. The highest BCUT2D eigenvalue weighted by Crippen LogP contribution is 2.36. The number of carbonyl (C=O) groups is 2. The normalized spacial score (nSPS) is 22.1. The number of piperazine rings is 1. The average molecular weight is 507 g/mol. The summed E-state index contributed by atoms with van der Waals surface area (Å²) in [7, 11) is 0. The summed E-state index contributed by atoms with van der Waals surface area (Å²) in [4.78, 5) is 41.4. The van der Waals surface area contributed by atoms with Crippen LogP contribution in [0.3, 0.4) is 0 Å². The zero-order valence-corrected chi connectivity index (χ0v) is 21.8. The predicted octanol–water partition coefficient (Wildman–Crippen LogP) is 3.14. The lowest BCUT2D eigenvalue weighted by atomic mass is 10.0. The minimum Gasteiger partial charge on any atom is -0.339 e. The molecule has 6 rings (SSSR count). The minimum atomic E-state index is -0.250. The lowest BCUT2D eigenvalue weighted by molar-refractivity contribution is -0.140. The van der Waals surface area contributed by atoms with E-state index in [1.807, 2.05) is 16.7 Å². The number of carbonyl (C=O) groups excluding carboxylic acids is 2. The van der Waals surface area contributed by atoms with E-state index in [4.69, 9.17) is 9.97 Å². The number of hydrogen-bond acceptors (Lipinski definition) is 7. The van der Waals surface area contributed by atoms with Gasteiger partial charge in [-0.3, -0.25) is 14.7 Å². The van der Waals surface area contributed by atoms with Crippen LogP contribution in [-0.2, 0) is 22.4 Å². The number of aromatic amines is 1. The summed E-state index contributed by atoms with van der Waals surface area (Å²) in [6.07, 6.45) is 10.3. The van der Waals surface area contributed by atoms with Crippen LogP contribution in [0.2, 0.25) is 0 Å². The number of H-pyrrole nitrogens is 1. The number of fused-ring (bicyclic) bond motifs is 1. The molecule has 0 unspecified atom stereocenters. The van der Waals surface area contributed by atoms with Gasteiger partial charge in [0.25, 0.3) is 0 Å². The Kier molecular flexibility index (Phi) is 6.73. The summed E-state index contributed by atoms with van der Waals surface area (Å²) < 4.78 is 0. The highest BCUT2D eigenvalue weighted by atomic mass is 16.2. The lowest BCUT2D eigenvalue weighted by Gasteiger charge is -2.37. The average Bonchev–Trinajstić information content (AvgIpc) is 3.74. The van der Waals surface area contributed by atoms with Crippen molar-refractivity contribution in [1.29, 1.82) is 0 Å². The van der Waals surface area contributed by atoms with Crippen molar-refractivity contribution in [3.05, 3.63) is 23.0 Å². The summed E-state index contributed by atoms with van der Waals surface area (Å²) >= 11 is 0. The van der Waals surface area contributed by atoms with Gasteiger partial charge in [0, 0.05) is 62.4 Å². The van der Waals surface area contributed by atoms with E-state index >= 15 is 0 Å². The molecule has 4 aliphatic rings. The second-order valence-electron chi connectivity index (χ2n) is 10.9. The van der Waals surface area contributed by atoms with E-state index in [1.165, 1.54) is 36.9 Å². The quantitative estimate of drug-likeness (QED) is 0.619. The van der Waals surface area contributed by atoms with Gasteiger partial charge in [0.05, 0.1) is 5.69 Å². The second-order valence-corrected chi connectivity index (χ2v) is 10.9. The fourth-order valence-electron chi connectivity index (χ4n) is 6.49. The van der Waals surface area contributed by atoms with E-state index in [9.17, 15) is 9.59 Å². The van der Waals surface area contributed by atoms with Crippen LogP contribution in [0.25, 0.3) is 0 Å². The molecule has 2 aromatic heterocycles. The molecule has 198 valence electrons. The second kappa shape index (κ2) is 10.3. The molecule has 37 heavy (non-hydrogen) atoms. The smallest absolute Gasteiger partial charge is 0.245 e. The number of rotatable bonds is 6. The van der Waals surface area contributed by atoms with Crippen molar-refractivity contribution in [2.45, 2.75) is 83.1 Å². The Morgan fingerprint density at radius 3 is 2.54 bits per heavy atom. The molecule has 10 heteroatoms. The molecule has 10 nitrogen and oxygen atoms in total. The lowest BCUT2D eigenvalue weighted by Crippen LogP contribution is -2.55. The predicted molar refractivity (Wildman–Crippen MR) is 141 cm³/mol. The number of aryl methyl sites for hydroxylation is 1. The van der Waals surface area contributed by atoms with Gasteiger partial charge in [0.15, 0.2) is 5.82 Å². The summed E-state index contributed by atoms with van der Waals surface area (Å²) in [5.41, 5.74) is 3.47. The van der Waals surface area contributed by atoms with Gasteiger partial charge in [-0.25, -0.2) is 4.98 Å². The first-order valence-electron chi connectivity index (χ1n) is 14.2. The summed E-state index contributed by atoms with van der Waals surface area (Å²) in [6.45, 7) is 5.07. The van der Waals surface area contributed by atoms with E-state index in [-0.39, 0.29) is 17.9 Å². The first kappa shape index (κ1) is 24.2. The molecule has 0 aromatic carbocycles. The van der Waals surface area contributed by atoms with Crippen LogP contribution < -0.4 is 10.2 Å². The summed E-state index contributed by atoms with van der Waals surface area (Å²) in [5, 5.41) is 11.3. The van der Waals surface area contributed by atoms with E-state index < -0.39 is 0 Å². The Balaban J connectivity index is 1.19. The molecule has 2 aliphatic carbocycles. The van der Waals surface area contributed by atoms with Gasteiger partial charge in [0.2, 0.25) is 17.8 Å². The number of nitrogens with one attached hydrogen (secondary N) is 2. The maximum atomic E-state index is 13.6. The van der Waals surface area contributed by atoms with Crippen molar-refractivity contribution in [1.82, 2.24) is 30.0 Å². The molecule has 3 fully saturated rings. The Morgan fingerprint density at radius 2 is 1.76 bits per heavy atom. The van der Waals surface area contributed by atoms with Crippen molar-refractivity contribution in [3.63, 3.8) is 0 Å². The molecule has 2 aliphatic heterocycles. The molecule has 0 bridgehead atoms. The van der Waals surface area contributed by atoms with Crippen molar-refractivity contribution in [2.24, 2.45) is 0 Å². The van der Waals surface area contributed by atoms with E-state index in [0.29, 0.717) is 44.5 Å². The maximum Gasteiger partial charge on any atom is 0.245 e. The topological polar surface area (TPSA) is 110 Å². The van der Waals surface area contributed by atoms with E-state index in [1.54, 1.807) is 0 Å². The van der Waals surface area contributed by atoms with Gasteiger partial charge < -0.3 is 20.0 Å². The van der Waals surface area contributed by atoms with Crippen molar-refractivity contribution >= 4 is 29.4 Å². The number of aromatic nitrogens is 4. The van der Waals surface area contributed by atoms with Gasteiger partial charge in [0.1, 0.15) is 11.9 Å². The third-order valence-corrected chi connectivity index (χ3v) is 8.60. The molecular formula is C27H38N8O2. The van der Waals surface area contributed by atoms with Crippen LogP contribution in [0.5, 0.6) is 0 Å². The van der Waals surface area contributed by atoms with Crippen LogP contribution in [0.1, 0.15) is 81.2 Å². The first-order chi connectivity index (χ1) is 18.1. The molecule has 1 atom stereocenters. The highest BCUT2D eigenvalue weighted by molar-refractivity contribution is 5.86. The van der Waals surface area contributed by atoms with Gasteiger partial charge in [-0.05, 0) is 44.9 Å². The van der Waals surface area contributed by atoms with Crippen molar-refractivity contribution < 1.29 is 9.59 Å². The monoisotopic (exact) mass is 506 g/mol. The minimum absolute atomic E-state index is 0.133. The largest absolute Gasteiger partial charge is 0.339 e. The Hall–Kier alpha value is -3.17. The number of amides is 2. The fourth-order valence-corrected chi connectivity index (χ4v) is 6.49. The summed E-state index contributed by atoms with van der Waals surface area (Å²) in [6, 6.07) is 1.88. The summed E-state index contributed by atoms with van der Waals surface area (Å²) in [5.74, 6) is 3.14. The van der Waals surface area contributed by atoms with Gasteiger partial charge in [-0.2, -0.15) is 10.1 Å². The Bertz CT molecular complexity index is 1150. The standard InChI is InChI=1S/C27H38N8O2/c1-2-24(36)33-13-15-34(16-14-33)26(37)22-11-6-12-35(22)27-28-20-10-5-9-19(20)25(30-27)29-23-17-21(31-32-23)18-7-3-4-8-18/h17-18,22H,2-16H2,1H3,(H2,28,29,30,31,32)/t22-/m1/s1. The van der Waals surface area contributed by atoms with E-state index in [0.717, 1.165) is 56.0 Å². The SMILES string of the molecule is CCC(=O)N1CCN(C(=O)[C@H]2CCCN2c2nc3c(c(Nc4cc(C5CCCC5)[nH]n4)n2)CCC3)CC1. The zero-order chi connectivity index (χ0) is 25.4. The van der Waals surface area contributed by atoms with Gasteiger partial charge in [-0.15, -0.1) is 0 Å². The Morgan fingerprint density at radius 1 is 0.973 bits per heavy atom. The molecule has 0 spiro atoms. The van der Waals surface area contributed by atoms with Crippen molar-refractivity contribution in [3.8, 4) is 0 Å². The molecule has 4 heterocycles. The molecular weight excluding hydrogens is 468 g/mol. The maximum absolute atomic E-state index is 13.6. The van der Waals surface area contributed by atoms with Gasteiger partial charge in [-0.1, -0.05) is 19.8 Å². The number of hydrogen-bond donors (Lipinski definition) is 2. The van der Waals surface area contributed by atoms with Crippen LogP contribution >= 0.6 is 0 Å². The van der Waals surface area contributed by atoms with Crippen molar-refractivity contribution in [2.75, 3.05) is 42.9 Å². The third kappa shape index (κ3) is 4.78. The molecule has 2 N–H and O–H groups in total. The van der Waals surface area contributed by atoms with Crippen LogP contribution in [0, 0.1) is 0 Å². The Labute approximate surface area is 218 Å². The van der Waals surface area contributed by atoms with Crippen LogP contribution in [0.15, 0.2) is 6.07 Å². The number of nitrogens with zero attached hydrogens (tertiary/aromatic N) is 6. The fraction of sp³-hybridized carbons (Fsp3) is 0.667. The molecule has 2 saturated heterocycles. The number of anilines is 3. The molecule has 2 aromatic rings. The van der Waals surface area contributed by atoms with E-state index in [2.05, 4.69) is 26.5 Å². The molecule has 1 saturated carbocycles. The first-order valence-corrected chi connectivity index (χ1v) is 14.2. The highest BCUT2D eigenvalue weighted by Gasteiger charge is 2.37. The van der Waals surface area contributed by atoms with Gasteiger partial charge >= 0.3 is 0 Å². The molecule has 0 radical (unpaired) electrons. The third-order valence-electron chi connectivity index (χ3n) is 8.60. The molecule has 2 amide bonds.